The number of nitrogen functional groups attached to an aromatic ring is 1. The van der Waals surface area contributed by atoms with Crippen LogP contribution >= 0.6 is 0 Å². The van der Waals surface area contributed by atoms with Crippen molar-refractivity contribution in [3.05, 3.63) is 24.0 Å². The molecule has 0 radical (unpaired) electrons. The predicted molar refractivity (Wildman–Crippen MR) is 69.5 cm³/mol. The third kappa shape index (κ3) is 3.01. The summed E-state index contributed by atoms with van der Waals surface area (Å²) in [7, 11) is 0. The van der Waals surface area contributed by atoms with E-state index < -0.39 is 5.97 Å². The average molecular weight is 263 g/mol. The number of nitrogens with zero attached hydrogens (tertiary/aromatic N) is 1. The largest absolute Gasteiger partial charge is 0.481 e. The summed E-state index contributed by atoms with van der Waals surface area (Å²) >= 11 is 0. The number of carbonyl (C=O) groups excluding carboxylic acids is 1. The lowest BCUT2D eigenvalue weighted by Crippen LogP contribution is -2.43. The number of carboxylic acids is 1. The van der Waals surface area contributed by atoms with E-state index in [4.69, 9.17) is 10.8 Å². The lowest BCUT2D eigenvalue weighted by molar-refractivity contribution is -0.141. The maximum absolute atomic E-state index is 11.9. The summed E-state index contributed by atoms with van der Waals surface area (Å²) in [4.78, 5) is 26.7. The fourth-order valence-electron chi connectivity index (χ4n) is 2.37. The third-order valence-electron chi connectivity index (χ3n) is 3.62. The van der Waals surface area contributed by atoms with Gasteiger partial charge in [-0.3, -0.25) is 9.59 Å². The van der Waals surface area contributed by atoms with Gasteiger partial charge >= 0.3 is 5.97 Å². The fraction of sp³-hybridized carbons (Fsp3) is 0.462. The second kappa shape index (κ2) is 5.26. The minimum atomic E-state index is -0.828. The third-order valence-corrected chi connectivity index (χ3v) is 3.62. The van der Waals surface area contributed by atoms with Gasteiger partial charge < -0.3 is 16.2 Å². The number of nitrogens with two attached hydrogens (primary N) is 1. The Morgan fingerprint density at radius 3 is 2.74 bits per heavy atom. The van der Waals surface area contributed by atoms with Crippen LogP contribution in [-0.2, 0) is 4.79 Å². The lowest BCUT2D eigenvalue weighted by atomic mass is 9.66. The lowest BCUT2D eigenvalue weighted by Gasteiger charge is -2.40. The molecule has 1 aromatic rings. The van der Waals surface area contributed by atoms with Crippen molar-refractivity contribution in [3.63, 3.8) is 0 Å². The van der Waals surface area contributed by atoms with E-state index in [0.29, 0.717) is 12.2 Å². The van der Waals surface area contributed by atoms with Gasteiger partial charge in [-0.1, -0.05) is 6.42 Å². The molecule has 0 unspecified atom stereocenters. The first kappa shape index (κ1) is 13.3. The van der Waals surface area contributed by atoms with Crippen LogP contribution in [0.2, 0.25) is 0 Å². The van der Waals surface area contributed by atoms with E-state index in [1.165, 1.54) is 6.20 Å². The minimum absolute atomic E-state index is 0.0883. The normalized spacial score (nSPS) is 16.4. The van der Waals surface area contributed by atoms with Crippen molar-refractivity contribution in [2.24, 2.45) is 5.41 Å². The second-order valence-corrected chi connectivity index (χ2v) is 5.05. The molecule has 0 bridgehead atoms. The Morgan fingerprint density at radius 1 is 1.47 bits per heavy atom. The summed E-state index contributed by atoms with van der Waals surface area (Å²) in [5.74, 6) is -1.18. The van der Waals surface area contributed by atoms with Crippen molar-refractivity contribution >= 4 is 17.6 Å². The molecule has 1 heterocycles. The van der Waals surface area contributed by atoms with Gasteiger partial charge in [-0.25, -0.2) is 4.98 Å². The van der Waals surface area contributed by atoms with Gasteiger partial charge in [-0.15, -0.1) is 0 Å². The smallest absolute Gasteiger partial charge is 0.303 e. The van der Waals surface area contributed by atoms with Crippen molar-refractivity contribution in [2.75, 3.05) is 12.3 Å². The Balaban J connectivity index is 1.97. The Labute approximate surface area is 111 Å². The zero-order valence-electron chi connectivity index (χ0n) is 10.6. The second-order valence-electron chi connectivity index (χ2n) is 5.05. The quantitative estimate of drug-likeness (QED) is 0.736. The standard InChI is InChI=1S/C13H17N3O3/c14-9-3-1-6-15-11(9)12(19)16-8-13(4-2-5-13)7-10(17)18/h1,3,6H,2,4-5,7-8,14H2,(H,16,19)(H,17,18). The van der Waals surface area contributed by atoms with Crippen LogP contribution in [0.1, 0.15) is 36.2 Å². The van der Waals surface area contributed by atoms with E-state index >= 15 is 0 Å². The first-order valence-corrected chi connectivity index (χ1v) is 6.23. The summed E-state index contributed by atoms with van der Waals surface area (Å²) in [5, 5.41) is 11.6. The molecule has 0 atom stereocenters. The first-order valence-electron chi connectivity index (χ1n) is 6.23. The zero-order valence-corrected chi connectivity index (χ0v) is 10.6. The van der Waals surface area contributed by atoms with Crippen LogP contribution < -0.4 is 11.1 Å². The minimum Gasteiger partial charge on any atom is -0.481 e. The summed E-state index contributed by atoms with van der Waals surface area (Å²) in [6.45, 7) is 0.355. The van der Waals surface area contributed by atoms with Gasteiger partial charge in [0, 0.05) is 12.7 Å². The molecule has 1 aliphatic carbocycles. The highest BCUT2D eigenvalue weighted by Gasteiger charge is 2.39. The van der Waals surface area contributed by atoms with Crippen LogP contribution in [0, 0.1) is 5.41 Å². The molecule has 0 aliphatic heterocycles. The number of aliphatic carboxylic acids is 1. The maximum atomic E-state index is 11.9. The number of carbonyl (C=O) groups is 2. The zero-order chi connectivity index (χ0) is 13.9. The summed E-state index contributed by atoms with van der Waals surface area (Å²) in [5.41, 5.74) is 5.88. The van der Waals surface area contributed by atoms with E-state index in [9.17, 15) is 9.59 Å². The number of aromatic nitrogens is 1. The van der Waals surface area contributed by atoms with Crippen LogP contribution in [0.25, 0.3) is 0 Å². The molecule has 2 rings (SSSR count). The van der Waals surface area contributed by atoms with E-state index in [-0.39, 0.29) is 23.4 Å². The van der Waals surface area contributed by atoms with Crippen LogP contribution in [0.15, 0.2) is 18.3 Å². The number of nitrogens with one attached hydrogen (secondary N) is 1. The highest BCUT2D eigenvalue weighted by Crippen LogP contribution is 2.43. The Morgan fingerprint density at radius 2 is 2.21 bits per heavy atom. The SMILES string of the molecule is Nc1cccnc1C(=O)NCC1(CC(=O)O)CCC1. The molecule has 1 fully saturated rings. The summed E-state index contributed by atoms with van der Waals surface area (Å²) < 4.78 is 0. The number of hydrogen-bond acceptors (Lipinski definition) is 4. The number of carboxylic acid groups (broad SMARTS) is 1. The molecule has 0 aromatic carbocycles. The van der Waals surface area contributed by atoms with Gasteiger partial charge in [0.05, 0.1) is 12.1 Å². The maximum Gasteiger partial charge on any atom is 0.303 e. The molecule has 102 valence electrons. The predicted octanol–water partition coefficient (Wildman–Crippen LogP) is 1.04. The van der Waals surface area contributed by atoms with Crippen molar-refractivity contribution in [2.45, 2.75) is 25.7 Å². The van der Waals surface area contributed by atoms with Crippen molar-refractivity contribution in [1.29, 1.82) is 0 Å². The topological polar surface area (TPSA) is 105 Å². The van der Waals surface area contributed by atoms with E-state index in [1.54, 1.807) is 12.1 Å². The monoisotopic (exact) mass is 263 g/mol. The molecule has 1 amide bonds. The molecule has 1 aliphatic rings. The molecule has 6 heteroatoms. The van der Waals surface area contributed by atoms with Gasteiger partial charge in [0.15, 0.2) is 5.69 Å². The molecular weight excluding hydrogens is 246 g/mol. The molecule has 19 heavy (non-hydrogen) atoms. The van der Waals surface area contributed by atoms with Crippen LogP contribution in [0.3, 0.4) is 0 Å². The van der Waals surface area contributed by atoms with Gasteiger partial charge in [0.1, 0.15) is 0 Å². The van der Waals surface area contributed by atoms with Crippen LogP contribution in [0.5, 0.6) is 0 Å². The Kier molecular flexibility index (Phi) is 3.69. The van der Waals surface area contributed by atoms with Crippen molar-refractivity contribution in [3.8, 4) is 0 Å². The van der Waals surface area contributed by atoms with Gasteiger partial charge in [0.2, 0.25) is 0 Å². The summed E-state index contributed by atoms with van der Waals surface area (Å²) in [6.07, 6.45) is 4.26. The van der Waals surface area contributed by atoms with Gasteiger partial charge in [-0.05, 0) is 30.4 Å². The Hall–Kier alpha value is -2.11. The summed E-state index contributed by atoms with van der Waals surface area (Å²) in [6, 6.07) is 3.27. The van der Waals surface area contributed by atoms with Gasteiger partial charge in [-0.2, -0.15) is 0 Å². The van der Waals surface area contributed by atoms with E-state index in [2.05, 4.69) is 10.3 Å². The first-order chi connectivity index (χ1) is 9.02. The molecule has 6 nitrogen and oxygen atoms in total. The highest BCUT2D eigenvalue weighted by atomic mass is 16.4. The number of anilines is 1. The molecule has 4 N–H and O–H groups in total. The van der Waals surface area contributed by atoms with Crippen molar-refractivity contribution < 1.29 is 14.7 Å². The van der Waals surface area contributed by atoms with Crippen LogP contribution in [-0.4, -0.2) is 28.5 Å². The number of amides is 1. The van der Waals surface area contributed by atoms with Crippen molar-refractivity contribution in [1.82, 2.24) is 10.3 Å². The number of hydrogen-bond donors (Lipinski definition) is 3. The number of pyridine rings is 1. The number of rotatable bonds is 5. The molecule has 0 saturated heterocycles. The Bertz CT molecular complexity index is 498. The average Bonchev–Trinajstić information content (AvgIpc) is 2.32. The van der Waals surface area contributed by atoms with E-state index in [0.717, 1.165) is 19.3 Å². The highest BCUT2D eigenvalue weighted by molar-refractivity contribution is 5.97. The van der Waals surface area contributed by atoms with Crippen LogP contribution in [0.4, 0.5) is 5.69 Å². The molecule has 1 aromatic heterocycles. The fourth-order valence-corrected chi connectivity index (χ4v) is 2.37. The molecular formula is C13H17N3O3. The van der Waals surface area contributed by atoms with E-state index in [1.807, 2.05) is 0 Å². The molecule has 0 spiro atoms. The van der Waals surface area contributed by atoms with Gasteiger partial charge in [0.25, 0.3) is 5.91 Å². The molecule has 1 saturated carbocycles.